The Morgan fingerprint density at radius 2 is 2.12 bits per heavy atom. The number of aliphatic imine (C=N–C) groups is 1. The molecule has 0 unspecified atom stereocenters. The molecule has 0 aliphatic rings. The van der Waals surface area contributed by atoms with E-state index in [1.54, 1.807) is 18.2 Å². The molecule has 0 aliphatic heterocycles. The van der Waals surface area contributed by atoms with Crippen LogP contribution in [-0.2, 0) is 11.3 Å². The van der Waals surface area contributed by atoms with Gasteiger partial charge in [0.25, 0.3) is 0 Å². The SMILES string of the molecule is O=C(O)CNC(=NCc1ccccc1F)c1[nH]nc2ncc(F)cc12. The molecule has 0 saturated carbocycles. The van der Waals surface area contributed by atoms with Crippen molar-refractivity contribution in [2.75, 3.05) is 6.54 Å². The quantitative estimate of drug-likeness (QED) is 0.484. The molecule has 7 nitrogen and oxygen atoms in total. The molecule has 3 rings (SSSR count). The van der Waals surface area contributed by atoms with Gasteiger partial charge in [0, 0.05) is 5.56 Å². The topological polar surface area (TPSA) is 103 Å². The van der Waals surface area contributed by atoms with Gasteiger partial charge in [-0.25, -0.2) is 13.8 Å². The van der Waals surface area contributed by atoms with Crippen molar-refractivity contribution in [1.82, 2.24) is 20.5 Å². The van der Waals surface area contributed by atoms with E-state index in [4.69, 9.17) is 5.11 Å². The fourth-order valence-electron chi connectivity index (χ4n) is 2.23. The van der Waals surface area contributed by atoms with E-state index in [1.165, 1.54) is 12.1 Å². The van der Waals surface area contributed by atoms with Crippen LogP contribution in [0.2, 0.25) is 0 Å². The number of aromatic amines is 1. The first-order valence-corrected chi connectivity index (χ1v) is 7.28. The highest BCUT2D eigenvalue weighted by Gasteiger charge is 2.14. The summed E-state index contributed by atoms with van der Waals surface area (Å²) >= 11 is 0. The molecule has 2 aromatic heterocycles. The largest absolute Gasteiger partial charge is 0.480 e. The molecule has 0 aliphatic carbocycles. The van der Waals surface area contributed by atoms with Crippen LogP contribution in [0.3, 0.4) is 0 Å². The van der Waals surface area contributed by atoms with Crippen molar-refractivity contribution in [1.29, 1.82) is 0 Å². The molecule has 25 heavy (non-hydrogen) atoms. The Kier molecular flexibility index (Phi) is 4.64. The van der Waals surface area contributed by atoms with Crippen LogP contribution in [0.1, 0.15) is 11.3 Å². The van der Waals surface area contributed by atoms with E-state index in [1.807, 2.05) is 0 Å². The minimum Gasteiger partial charge on any atom is -0.480 e. The Morgan fingerprint density at radius 1 is 1.32 bits per heavy atom. The lowest BCUT2D eigenvalue weighted by molar-refractivity contribution is -0.135. The fraction of sp³-hybridized carbons (Fsp3) is 0.125. The number of hydrogen-bond donors (Lipinski definition) is 3. The predicted octanol–water partition coefficient (Wildman–Crippen LogP) is 1.86. The minimum atomic E-state index is -1.10. The number of benzene rings is 1. The lowest BCUT2D eigenvalue weighted by atomic mass is 10.2. The third kappa shape index (κ3) is 3.77. The molecule has 0 bridgehead atoms. The van der Waals surface area contributed by atoms with Crippen LogP contribution in [0.4, 0.5) is 8.78 Å². The Balaban J connectivity index is 1.98. The number of pyridine rings is 1. The first kappa shape index (κ1) is 16.5. The van der Waals surface area contributed by atoms with Gasteiger partial charge in [-0.3, -0.25) is 14.9 Å². The number of nitrogens with one attached hydrogen (secondary N) is 2. The summed E-state index contributed by atoms with van der Waals surface area (Å²) in [5.41, 5.74) is 0.872. The van der Waals surface area contributed by atoms with Crippen molar-refractivity contribution in [2.24, 2.45) is 4.99 Å². The van der Waals surface area contributed by atoms with E-state index in [0.29, 0.717) is 10.9 Å². The molecule has 9 heteroatoms. The molecule has 0 saturated heterocycles. The minimum absolute atomic E-state index is 0.0299. The highest BCUT2D eigenvalue weighted by molar-refractivity contribution is 6.07. The molecule has 3 N–H and O–H groups in total. The molecule has 128 valence electrons. The summed E-state index contributed by atoms with van der Waals surface area (Å²) in [5.74, 6) is -1.97. The zero-order valence-electron chi connectivity index (χ0n) is 12.8. The lowest BCUT2D eigenvalue weighted by Crippen LogP contribution is -2.30. The number of nitrogens with zero attached hydrogens (tertiary/aromatic N) is 3. The second-order valence-electron chi connectivity index (χ2n) is 5.13. The van der Waals surface area contributed by atoms with Crippen molar-refractivity contribution in [3.05, 3.63) is 59.4 Å². The van der Waals surface area contributed by atoms with Gasteiger partial charge in [0.1, 0.15) is 29.7 Å². The number of halogens is 2. The van der Waals surface area contributed by atoms with E-state index in [2.05, 4.69) is 25.5 Å². The zero-order valence-corrected chi connectivity index (χ0v) is 12.8. The number of hydrogen-bond acceptors (Lipinski definition) is 4. The smallest absolute Gasteiger partial charge is 0.322 e. The van der Waals surface area contributed by atoms with E-state index < -0.39 is 24.1 Å². The number of rotatable bonds is 5. The zero-order chi connectivity index (χ0) is 17.8. The molecule has 0 amide bonds. The number of aliphatic carboxylic acids is 1. The van der Waals surface area contributed by atoms with Crippen LogP contribution < -0.4 is 5.32 Å². The van der Waals surface area contributed by atoms with Gasteiger partial charge in [-0.2, -0.15) is 5.10 Å². The van der Waals surface area contributed by atoms with Crippen LogP contribution >= 0.6 is 0 Å². The first-order chi connectivity index (χ1) is 12.0. The second-order valence-corrected chi connectivity index (χ2v) is 5.13. The van der Waals surface area contributed by atoms with Gasteiger partial charge in [-0.15, -0.1) is 0 Å². The first-order valence-electron chi connectivity index (χ1n) is 7.28. The van der Waals surface area contributed by atoms with Crippen LogP contribution in [0.15, 0.2) is 41.5 Å². The summed E-state index contributed by atoms with van der Waals surface area (Å²) in [6, 6.07) is 7.31. The number of fused-ring (bicyclic) bond motifs is 1. The highest BCUT2D eigenvalue weighted by Crippen LogP contribution is 2.16. The number of carboxylic acid groups (broad SMARTS) is 1. The van der Waals surface area contributed by atoms with Gasteiger partial charge in [0.15, 0.2) is 5.65 Å². The van der Waals surface area contributed by atoms with E-state index in [-0.39, 0.29) is 23.7 Å². The lowest BCUT2D eigenvalue weighted by Gasteiger charge is -2.07. The molecule has 3 aromatic rings. The Hall–Kier alpha value is -3.36. The van der Waals surface area contributed by atoms with Gasteiger partial charge in [-0.05, 0) is 12.1 Å². The summed E-state index contributed by atoms with van der Waals surface area (Å²) in [6.45, 7) is -0.447. The average Bonchev–Trinajstić information content (AvgIpc) is 2.99. The van der Waals surface area contributed by atoms with E-state index in [0.717, 1.165) is 6.20 Å². The maximum atomic E-state index is 13.7. The van der Waals surface area contributed by atoms with Crippen molar-refractivity contribution in [2.45, 2.75) is 6.54 Å². The third-order valence-corrected chi connectivity index (χ3v) is 3.39. The van der Waals surface area contributed by atoms with E-state index in [9.17, 15) is 13.6 Å². The summed E-state index contributed by atoms with van der Waals surface area (Å²) in [6.07, 6.45) is 1.02. The second kappa shape index (κ2) is 7.04. The number of aromatic nitrogens is 3. The Labute approximate surface area is 140 Å². The van der Waals surface area contributed by atoms with E-state index >= 15 is 0 Å². The summed E-state index contributed by atoms with van der Waals surface area (Å²) in [7, 11) is 0. The molecule has 0 spiro atoms. The van der Waals surface area contributed by atoms with Crippen LogP contribution in [0.5, 0.6) is 0 Å². The number of amidine groups is 1. The van der Waals surface area contributed by atoms with Crippen LogP contribution in [-0.4, -0.2) is 38.6 Å². The molecule has 1 aromatic carbocycles. The molecular weight excluding hydrogens is 332 g/mol. The summed E-state index contributed by atoms with van der Waals surface area (Å²) in [5, 5.41) is 18.4. The van der Waals surface area contributed by atoms with Crippen LogP contribution in [0.25, 0.3) is 11.0 Å². The molecule has 0 atom stereocenters. The predicted molar refractivity (Wildman–Crippen MR) is 86.1 cm³/mol. The highest BCUT2D eigenvalue weighted by atomic mass is 19.1. The standard InChI is InChI=1S/C16H13F2N5O2/c17-10-5-11-14(22-23-15(11)20-7-10)16(21-8-13(24)25)19-6-9-3-1-2-4-12(9)18/h1-5,7H,6,8H2,(H,19,21)(H,24,25)(H,20,22,23). The Bertz CT molecular complexity index is 955. The monoisotopic (exact) mass is 345 g/mol. The van der Waals surface area contributed by atoms with Gasteiger partial charge in [0.05, 0.1) is 18.1 Å². The molecular formula is C16H13F2N5O2. The average molecular weight is 345 g/mol. The van der Waals surface area contributed by atoms with Gasteiger partial charge < -0.3 is 10.4 Å². The number of carbonyl (C=O) groups is 1. The molecule has 0 fully saturated rings. The van der Waals surface area contributed by atoms with Gasteiger partial charge >= 0.3 is 5.97 Å². The molecule has 2 heterocycles. The van der Waals surface area contributed by atoms with Crippen molar-refractivity contribution >= 4 is 22.8 Å². The summed E-state index contributed by atoms with van der Waals surface area (Å²) in [4.78, 5) is 18.9. The number of H-pyrrole nitrogens is 1. The Morgan fingerprint density at radius 3 is 2.88 bits per heavy atom. The normalized spacial score (nSPS) is 11.7. The summed E-state index contributed by atoms with van der Waals surface area (Å²) < 4.78 is 27.2. The van der Waals surface area contributed by atoms with Gasteiger partial charge in [0.2, 0.25) is 0 Å². The van der Waals surface area contributed by atoms with Crippen molar-refractivity contribution < 1.29 is 18.7 Å². The third-order valence-electron chi connectivity index (χ3n) is 3.39. The van der Waals surface area contributed by atoms with Gasteiger partial charge in [-0.1, -0.05) is 18.2 Å². The maximum absolute atomic E-state index is 13.7. The fourth-order valence-corrected chi connectivity index (χ4v) is 2.23. The maximum Gasteiger partial charge on any atom is 0.322 e. The van der Waals surface area contributed by atoms with Crippen LogP contribution in [0, 0.1) is 11.6 Å². The van der Waals surface area contributed by atoms with Crippen molar-refractivity contribution in [3.8, 4) is 0 Å². The molecule has 0 radical (unpaired) electrons. The number of carboxylic acids is 1. The van der Waals surface area contributed by atoms with Crippen molar-refractivity contribution in [3.63, 3.8) is 0 Å².